The summed E-state index contributed by atoms with van der Waals surface area (Å²) in [6, 6.07) is 5.60. The van der Waals surface area contributed by atoms with E-state index in [1.54, 1.807) is 6.20 Å². The van der Waals surface area contributed by atoms with Crippen molar-refractivity contribution in [2.24, 2.45) is 0 Å². The lowest BCUT2D eigenvalue weighted by Crippen LogP contribution is -1.67. The van der Waals surface area contributed by atoms with Gasteiger partial charge in [-0.2, -0.15) is 0 Å². The quantitative estimate of drug-likeness (QED) is 0.520. The van der Waals surface area contributed by atoms with Gasteiger partial charge in [-0.15, -0.1) is 12.6 Å². The van der Waals surface area contributed by atoms with E-state index in [-0.39, 0.29) is 6.15 Å². The summed E-state index contributed by atoms with van der Waals surface area (Å²) in [4.78, 5) is 3.84. The van der Waals surface area contributed by atoms with Gasteiger partial charge in [-0.25, -0.2) is 0 Å². The Bertz CT molecular complexity index is 140. The van der Waals surface area contributed by atoms with Crippen molar-refractivity contribution >= 4 is 12.6 Å². The molecule has 1 heterocycles. The predicted molar refractivity (Wildman–Crippen MR) is 36.5 cm³/mol. The third-order valence-corrected chi connectivity index (χ3v) is 0.914. The molecule has 0 aliphatic carbocycles. The summed E-state index contributed by atoms with van der Waals surface area (Å²) in [5.41, 5.74) is 0. The van der Waals surface area contributed by atoms with Crippen molar-refractivity contribution < 1.29 is 0 Å². The number of pyridine rings is 1. The van der Waals surface area contributed by atoms with E-state index in [4.69, 9.17) is 0 Å². The van der Waals surface area contributed by atoms with Crippen LogP contribution in [0.2, 0.25) is 0 Å². The number of thiol groups is 1. The fraction of sp³-hybridized carbons (Fsp3) is 0. The van der Waals surface area contributed by atoms with E-state index in [2.05, 4.69) is 17.6 Å². The molecule has 0 saturated carbocycles. The Hall–Kier alpha value is -0.540. The zero-order valence-corrected chi connectivity index (χ0v) is 5.31. The summed E-state index contributed by atoms with van der Waals surface area (Å²) in [7, 11) is 0. The molecule has 3 heteroatoms. The van der Waals surface area contributed by atoms with Gasteiger partial charge in [0, 0.05) is 6.20 Å². The van der Waals surface area contributed by atoms with Gasteiger partial charge in [0.15, 0.2) is 0 Å². The Morgan fingerprint density at radius 2 is 2.12 bits per heavy atom. The molecule has 0 spiro atoms. The van der Waals surface area contributed by atoms with Crippen LogP contribution in [0.4, 0.5) is 0 Å². The number of hydrogen-bond donors (Lipinski definition) is 2. The number of nitrogens with zero attached hydrogens (tertiary/aromatic N) is 1. The van der Waals surface area contributed by atoms with Crippen molar-refractivity contribution in [3.8, 4) is 0 Å². The molecule has 0 saturated heterocycles. The normalized spacial score (nSPS) is 7.62. The monoisotopic (exact) mass is 128 g/mol. The van der Waals surface area contributed by atoms with E-state index in [9.17, 15) is 0 Å². The van der Waals surface area contributed by atoms with Gasteiger partial charge in [0.05, 0.1) is 5.03 Å². The number of rotatable bonds is 0. The van der Waals surface area contributed by atoms with Crippen LogP contribution in [-0.2, 0) is 0 Å². The highest BCUT2D eigenvalue weighted by Gasteiger charge is 1.74. The van der Waals surface area contributed by atoms with Crippen LogP contribution >= 0.6 is 12.6 Å². The van der Waals surface area contributed by atoms with Gasteiger partial charge in [-0.3, -0.25) is 4.98 Å². The summed E-state index contributed by atoms with van der Waals surface area (Å²) in [6.45, 7) is 0. The largest absolute Gasteiger partial charge is 0.344 e. The molecule has 1 aromatic rings. The molecule has 0 bridgehead atoms. The van der Waals surface area contributed by atoms with Crippen molar-refractivity contribution in [3.05, 3.63) is 24.4 Å². The van der Waals surface area contributed by atoms with E-state index < -0.39 is 0 Å². The van der Waals surface area contributed by atoms with E-state index in [0.717, 1.165) is 5.03 Å². The van der Waals surface area contributed by atoms with E-state index >= 15 is 0 Å². The Morgan fingerprint density at radius 1 is 1.38 bits per heavy atom. The van der Waals surface area contributed by atoms with Crippen molar-refractivity contribution in [1.29, 1.82) is 0 Å². The molecule has 0 fully saturated rings. The highest BCUT2D eigenvalue weighted by Crippen LogP contribution is 1.95. The SMILES string of the molecule is N.Sc1ccccn1. The summed E-state index contributed by atoms with van der Waals surface area (Å²) in [5.74, 6) is 0. The van der Waals surface area contributed by atoms with Crippen LogP contribution in [0.5, 0.6) is 0 Å². The molecule has 1 aromatic heterocycles. The highest BCUT2D eigenvalue weighted by molar-refractivity contribution is 7.80. The fourth-order valence-electron chi connectivity index (χ4n) is 0.354. The van der Waals surface area contributed by atoms with Gasteiger partial charge in [0.1, 0.15) is 0 Å². The van der Waals surface area contributed by atoms with Crippen LogP contribution in [0, 0.1) is 0 Å². The van der Waals surface area contributed by atoms with Crippen LogP contribution in [-0.4, -0.2) is 4.98 Å². The van der Waals surface area contributed by atoms with Gasteiger partial charge in [0.2, 0.25) is 0 Å². The smallest absolute Gasteiger partial charge is 0.0929 e. The van der Waals surface area contributed by atoms with Gasteiger partial charge in [-0.05, 0) is 12.1 Å². The molecule has 0 aromatic carbocycles. The highest BCUT2D eigenvalue weighted by atomic mass is 32.1. The van der Waals surface area contributed by atoms with Crippen LogP contribution in [0.1, 0.15) is 0 Å². The zero-order valence-electron chi connectivity index (χ0n) is 4.41. The second-order valence-corrected chi connectivity index (χ2v) is 1.65. The second-order valence-electron chi connectivity index (χ2n) is 1.19. The molecule has 0 atom stereocenters. The third kappa shape index (κ3) is 1.95. The second kappa shape index (κ2) is 3.46. The lowest BCUT2D eigenvalue weighted by Gasteiger charge is -1.81. The van der Waals surface area contributed by atoms with Crippen LogP contribution in [0.3, 0.4) is 0 Å². The minimum absolute atomic E-state index is 0. The standard InChI is InChI=1S/C5H5NS.H3N/c7-5-3-1-2-4-6-5;/h1-4H,(H,6,7);1H3. The van der Waals surface area contributed by atoms with Gasteiger partial charge in [-0.1, -0.05) is 6.07 Å². The van der Waals surface area contributed by atoms with Crippen molar-refractivity contribution in [2.75, 3.05) is 0 Å². The maximum Gasteiger partial charge on any atom is 0.0929 e. The summed E-state index contributed by atoms with van der Waals surface area (Å²) >= 11 is 3.97. The molecular formula is C5H8N2S. The Labute approximate surface area is 53.9 Å². The molecule has 8 heavy (non-hydrogen) atoms. The van der Waals surface area contributed by atoms with Crippen molar-refractivity contribution in [2.45, 2.75) is 5.03 Å². The van der Waals surface area contributed by atoms with E-state index in [0.29, 0.717) is 0 Å². The summed E-state index contributed by atoms with van der Waals surface area (Å²) < 4.78 is 0. The van der Waals surface area contributed by atoms with Crippen LogP contribution in [0.25, 0.3) is 0 Å². The number of aromatic nitrogens is 1. The lowest BCUT2D eigenvalue weighted by atomic mass is 10.5. The Kier molecular flexibility index (Phi) is 3.23. The maximum atomic E-state index is 3.97. The van der Waals surface area contributed by atoms with Crippen LogP contribution < -0.4 is 6.15 Å². The summed E-state index contributed by atoms with van der Waals surface area (Å²) in [6.07, 6.45) is 1.71. The molecule has 0 aliphatic rings. The first-order valence-corrected chi connectivity index (χ1v) is 2.44. The average Bonchev–Trinajstić information content (AvgIpc) is 1.69. The molecule has 0 aliphatic heterocycles. The fourth-order valence-corrected chi connectivity index (χ4v) is 0.506. The first-order chi connectivity index (χ1) is 3.39. The first kappa shape index (κ1) is 7.46. The van der Waals surface area contributed by atoms with Crippen LogP contribution in [0.15, 0.2) is 29.4 Å². The van der Waals surface area contributed by atoms with Gasteiger partial charge in [0.25, 0.3) is 0 Å². The van der Waals surface area contributed by atoms with Crippen molar-refractivity contribution in [1.82, 2.24) is 11.1 Å². The molecular weight excluding hydrogens is 120 g/mol. The van der Waals surface area contributed by atoms with Gasteiger partial charge >= 0.3 is 0 Å². The average molecular weight is 128 g/mol. The zero-order chi connectivity index (χ0) is 5.11. The topological polar surface area (TPSA) is 47.9 Å². The molecule has 2 nitrogen and oxygen atoms in total. The molecule has 44 valence electrons. The molecule has 3 N–H and O–H groups in total. The van der Waals surface area contributed by atoms with E-state index in [1.165, 1.54) is 0 Å². The minimum atomic E-state index is 0. The molecule has 1 rings (SSSR count). The number of hydrogen-bond acceptors (Lipinski definition) is 3. The van der Waals surface area contributed by atoms with E-state index in [1.807, 2.05) is 18.2 Å². The van der Waals surface area contributed by atoms with Crippen molar-refractivity contribution in [3.63, 3.8) is 0 Å². The molecule has 0 unspecified atom stereocenters. The Balaban J connectivity index is 0.000000490. The van der Waals surface area contributed by atoms with Gasteiger partial charge < -0.3 is 6.15 Å². The first-order valence-electron chi connectivity index (χ1n) is 1.99. The minimum Gasteiger partial charge on any atom is -0.344 e. The third-order valence-electron chi connectivity index (χ3n) is 0.649. The predicted octanol–water partition coefficient (Wildman–Crippen LogP) is 1.53. The molecule has 0 amide bonds. The molecule has 0 radical (unpaired) electrons. The lowest BCUT2D eigenvalue weighted by molar-refractivity contribution is 1.14. The summed E-state index contributed by atoms with van der Waals surface area (Å²) in [5, 5.41) is 0.766. The maximum absolute atomic E-state index is 3.97. The Morgan fingerprint density at radius 3 is 2.38 bits per heavy atom.